The normalized spacial score (nSPS) is 17.9. The lowest BCUT2D eigenvalue weighted by atomic mass is 9.90. The highest BCUT2D eigenvalue weighted by Crippen LogP contribution is 2.35. The SMILES string of the molecule is CC1CCN(C2=C(S(=O)(=O)N(C)c3ccccc3)C(=O)c3ccccc3C2=O)CC1. The number of fused-ring (bicyclic) bond motifs is 1. The number of rotatable bonds is 4. The van der Waals surface area contributed by atoms with Gasteiger partial charge in [0.1, 0.15) is 5.70 Å². The number of piperidine rings is 1. The van der Waals surface area contributed by atoms with Crippen LogP contribution < -0.4 is 4.31 Å². The van der Waals surface area contributed by atoms with Gasteiger partial charge in [-0.2, -0.15) is 0 Å². The number of hydrogen-bond acceptors (Lipinski definition) is 5. The molecule has 1 aliphatic carbocycles. The minimum absolute atomic E-state index is 0.00776. The van der Waals surface area contributed by atoms with Gasteiger partial charge >= 0.3 is 0 Å². The Bertz CT molecular complexity index is 1130. The van der Waals surface area contributed by atoms with Gasteiger partial charge in [-0.05, 0) is 30.9 Å². The quantitative estimate of drug-likeness (QED) is 0.751. The maximum Gasteiger partial charge on any atom is 0.270 e. The smallest absolute Gasteiger partial charge is 0.270 e. The first kappa shape index (κ1) is 20.3. The van der Waals surface area contributed by atoms with Crippen molar-refractivity contribution in [3.05, 3.63) is 76.3 Å². The van der Waals surface area contributed by atoms with Gasteiger partial charge in [0.2, 0.25) is 11.6 Å². The number of benzene rings is 2. The molecule has 0 radical (unpaired) electrons. The van der Waals surface area contributed by atoms with Gasteiger partial charge in [-0.25, -0.2) is 8.42 Å². The molecule has 0 bridgehead atoms. The molecule has 0 atom stereocenters. The summed E-state index contributed by atoms with van der Waals surface area (Å²) in [5.41, 5.74) is 0.832. The zero-order valence-electron chi connectivity index (χ0n) is 17.0. The Labute approximate surface area is 176 Å². The number of para-hydroxylation sites is 1. The minimum atomic E-state index is -4.25. The molecule has 7 heteroatoms. The predicted molar refractivity (Wildman–Crippen MR) is 116 cm³/mol. The summed E-state index contributed by atoms with van der Waals surface area (Å²) in [5, 5.41) is 0. The monoisotopic (exact) mass is 424 g/mol. The highest BCUT2D eigenvalue weighted by molar-refractivity contribution is 7.97. The third-order valence-electron chi connectivity index (χ3n) is 5.89. The van der Waals surface area contributed by atoms with Crippen molar-refractivity contribution >= 4 is 27.3 Å². The molecule has 2 aromatic carbocycles. The van der Waals surface area contributed by atoms with Crippen LogP contribution in [0.1, 0.15) is 40.5 Å². The van der Waals surface area contributed by atoms with Crippen molar-refractivity contribution in [1.29, 1.82) is 0 Å². The number of Topliss-reactive ketones (excluding diaryl/α,β-unsaturated/α-hetero) is 2. The summed E-state index contributed by atoms with van der Waals surface area (Å²) in [6.07, 6.45) is 1.68. The molecule has 6 nitrogen and oxygen atoms in total. The molecule has 0 amide bonds. The number of carbonyl (C=O) groups excluding carboxylic acids is 2. The van der Waals surface area contributed by atoms with E-state index in [0.29, 0.717) is 24.7 Å². The van der Waals surface area contributed by atoms with E-state index in [1.807, 2.05) is 0 Å². The lowest BCUT2D eigenvalue weighted by Crippen LogP contribution is -2.42. The molecule has 30 heavy (non-hydrogen) atoms. The number of anilines is 1. The van der Waals surface area contributed by atoms with Gasteiger partial charge in [0.05, 0.1) is 5.69 Å². The van der Waals surface area contributed by atoms with Gasteiger partial charge < -0.3 is 4.90 Å². The molecular formula is C23H24N2O4S. The van der Waals surface area contributed by atoms with Crippen molar-refractivity contribution in [3.8, 4) is 0 Å². The third kappa shape index (κ3) is 3.33. The van der Waals surface area contributed by atoms with Gasteiger partial charge in [-0.1, -0.05) is 49.4 Å². The first-order valence-electron chi connectivity index (χ1n) is 10.0. The Morgan fingerprint density at radius 1 is 0.867 bits per heavy atom. The average Bonchev–Trinajstić information content (AvgIpc) is 2.76. The summed E-state index contributed by atoms with van der Waals surface area (Å²) in [5.74, 6) is -0.531. The van der Waals surface area contributed by atoms with E-state index >= 15 is 0 Å². The van der Waals surface area contributed by atoms with Gasteiger partial charge in [0.25, 0.3) is 10.0 Å². The van der Waals surface area contributed by atoms with Crippen molar-refractivity contribution in [2.24, 2.45) is 5.92 Å². The van der Waals surface area contributed by atoms with E-state index in [0.717, 1.165) is 17.1 Å². The second-order valence-corrected chi connectivity index (χ2v) is 9.77. The molecule has 0 unspecified atom stereocenters. The number of ketones is 2. The van der Waals surface area contributed by atoms with E-state index in [-0.39, 0.29) is 16.8 Å². The van der Waals surface area contributed by atoms with E-state index < -0.39 is 26.5 Å². The summed E-state index contributed by atoms with van der Waals surface area (Å²) in [6.45, 7) is 3.23. The third-order valence-corrected chi connectivity index (χ3v) is 7.72. The number of nitrogens with zero attached hydrogens (tertiary/aromatic N) is 2. The van der Waals surface area contributed by atoms with Gasteiger partial charge in [-0.15, -0.1) is 0 Å². The minimum Gasteiger partial charge on any atom is -0.367 e. The summed E-state index contributed by atoms with van der Waals surface area (Å²) in [7, 11) is -2.84. The van der Waals surface area contributed by atoms with Crippen LogP contribution in [0, 0.1) is 5.92 Å². The summed E-state index contributed by atoms with van der Waals surface area (Å²) >= 11 is 0. The molecule has 0 N–H and O–H groups in total. The summed E-state index contributed by atoms with van der Waals surface area (Å²) in [6, 6.07) is 15.0. The van der Waals surface area contributed by atoms with Crippen LogP contribution in [0.5, 0.6) is 0 Å². The van der Waals surface area contributed by atoms with Crippen LogP contribution in [0.4, 0.5) is 5.69 Å². The van der Waals surface area contributed by atoms with Gasteiger partial charge in [0, 0.05) is 31.3 Å². The Balaban J connectivity index is 1.90. The van der Waals surface area contributed by atoms with Gasteiger partial charge in [-0.3, -0.25) is 13.9 Å². The fourth-order valence-corrected chi connectivity index (χ4v) is 5.50. The van der Waals surface area contributed by atoms with Crippen molar-refractivity contribution < 1.29 is 18.0 Å². The second-order valence-electron chi connectivity index (χ2n) is 7.86. The number of sulfonamides is 1. The lowest BCUT2D eigenvalue weighted by molar-refractivity contribution is 0.0933. The number of likely N-dealkylation sites (tertiary alicyclic amines) is 1. The highest BCUT2D eigenvalue weighted by Gasteiger charge is 2.43. The maximum atomic E-state index is 13.6. The molecule has 1 aliphatic heterocycles. The van der Waals surface area contributed by atoms with Crippen molar-refractivity contribution in [2.45, 2.75) is 19.8 Å². The average molecular weight is 425 g/mol. The second kappa shape index (κ2) is 7.72. The molecule has 1 saturated heterocycles. The molecule has 0 aromatic heterocycles. The fourth-order valence-electron chi connectivity index (χ4n) is 4.01. The molecule has 0 saturated carbocycles. The van der Waals surface area contributed by atoms with Crippen LogP contribution in [0.15, 0.2) is 65.2 Å². The molecule has 4 rings (SSSR count). The fraction of sp³-hybridized carbons (Fsp3) is 0.304. The molecule has 156 valence electrons. The Hall–Kier alpha value is -2.93. The molecule has 0 spiro atoms. The van der Waals surface area contributed by atoms with E-state index in [9.17, 15) is 18.0 Å². The Morgan fingerprint density at radius 3 is 2.00 bits per heavy atom. The first-order valence-corrected chi connectivity index (χ1v) is 11.5. The Morgan fingerprint density at radius 2 is 1.40 bits per heavy atom. The van der Waals surface area contributed by atoms with E-state index in [1.165, 1.54) is 13.1 Å². The number of hydrogen-bond donors (Lipinski definition) is 0. The Kier molecular flexibility index (Phi) is 5.24. The van der Waals surface area contributed by atoms with Crippen LogP contribution in [0.2, 0.25) is 0 Å². The van der Waals surface area contributed by atoms with Crippen molar-refractivity contribution in [3.63, 3.8) is 0 Å². The summed E-state index contributed by atoms with van der Waals surface area (Å²) < 4.78 is 28.4. The van der Waals surface area contributed by atoms with Crippen molar-refractivity contribution in [2.75, 3.05) is 24.4 Å². The largest absolute Gasteiger partial charge is 0.367 e. The molecule has 1 heterocycles. The van der Waals surface area contributed by atoms with E-state index in [1.54, 1.807) is 53.4 Å². The predicted octanol–water partition coefficient (Wildman–Crippen LogP) is 3.48. The van der Waals surface area contributed by atoms with Crippen LogP contribution in [0.3, 0.4) is 0 Å². The zero-order valence-corrected chi connectivity index (χ0v) is 17.9. The zero-order chi connectivity index (χ0) is 21.5. The number of allylic oxidation sites excluding steroid dienone is 2. The topological polar surface area (TPSA) is 74.8 Å². The standard InChI is InChI=1S/C23H24N2O4S/c1-16-12-14-25(15-13-16)20-21(26)18-10-6-7-11-19(18)22(27)23(20)30(28,29)24(2)17-8-4-3-5-9-17/h3-11,16H,12-15H2,1-2H3. The van der Waals surface area contributed by atoms with Crippen molar-refractivity contribution in [1.82, 2.24) is 4.90 Å². The maximum absolute atomic E-state index is 13.6. The summed E-state index contributed by atoms with van der Waals surface area (Å²) in [4.78, 5) is 28.2. The van der Waals surface area contributed by atoms with Crippen LogP contribution >= 0.6 is 0 Å². The molecular weight excluding hydrogens is 400 g/mol. The lowest BCUT2D eigenvalue weighted by Gasteiger charge is -2.36. The number of carbonyl (C=O) groups is 2. The molecule has 1 fully saturated rings. The van der Waals surface area contributed by atoms with E-state index in [2.05, 4.69) is 6.92 Å². The first-order chi connectivity index (χ1) is 14.3. The molecule has 2 aromatic rings. The van der Waals surface area contributed by atoms with Crippen LogP contribution in [0.25, 0.3) is 0 Å². The van der Waals surface area contributed by atoms with Crippen LogP contribution in [-0.2, 0) is 10.0 Å². The molecule has 2 aliphatic rings. The van der Waals surface area contributed by atoms with Gasteiger partial charge in [0.15, 0.2) is 4.91 Å². The highest BCUT2D eigenvalue weighted by atomic mass is 32.2. The van der Waals surface area contributed by atoms with E-state index in [4.69, 9.17) is 0 Å². The van der Waals surface area contributed by atoms with Crippen LogP contribution in [-0.4, -0.2) is 45.0 Å².